The molecule has 1 aliphatic rings. The van der Waals surface area contributed by atoms with Gasteiger partial charge in [-0.15, -0.1) is 0 Å². The van der Waals surface area contributed by atoms with Crippen LogP contribution in [0.4, 0.5) is 0 Å². The van der Waals surface area contributed by atoms with E-state index in [-0.39, 0.29) is 5.91 Å². The quantitative estimate of drug-likeness (QED) is 0.480. The fraction of sp³-hybridized carbons (Fsp3) is 0.750. The number of carbonyl (C=O) groups is 1. The van der Waals surface area contributed by atoms with Gasteiger partial charge in [0.1, 0.15) is 0 Å². The van der Waals surface area contributed by atoms with Crippen LogP contribution >= 0.6 is 0 Å². The second-order valence-corrected chi connectivity index (χ2v) is 3.28. The lowest BCUT2D eigenvalue weighted by Gasteiger charge is -2.21. The summed E-state index contributed by atoms with van der Waals surface area (Å²) in [5.74, 6) is 0.157. The van der Waals surface area contributed by atoms with Crippen molar-refractivity contribution in [3.63, 3.8) is 0 Å². The molecule has 0 radical (unpaired) electrons. The summed E-state index contributed by atoms with van der Waals surface area (Å²) >= 11 is 0. The van der Waals surface area contributed by atoms with Crippen molar-refractivity contribution in [1.82, 2.24) is 4.90 Å². The van der Waals surface area contributed by atoms with E-state index < -0.39 is 0 Å². The molecule has 1 heterocycles. The maximum Gasteiger partial charge on any atom is 0.219 e. The molecule has 1 saturated heterocycles. The second kappa shape index (κ2) is 3.22. The maximum absolute atomic E-state index is 10.9. The topological polar surface area (TPSA) is 24.8 Å². The summed E-state index contributed by atoms with van der Waals surface area (Å²) in [6.45, 7) is 3.69. The number of hydrogen-bond acceptors (Lipinski definition) is 1. The van der Waals surface area contributed by atoms with Crippen LogP contribution in [0.3, 0.4) is 0 Å². The Kier molecular flexibility index (Phi) is 2.49. The molecule has 1 fully saturated rings. The normalized spacial score (nSPS) is 30.5. The van der Waals surface area contributed by atoms with E-state index in [9.17, 15) is 4.79 Å². The predicted octanol–water partition coefficient (Wildman–Crippen LogP) is -1.09. The SMILES string of the molecule is [CH2-][NH+]1CCC(N(C)C(C)=O)C1. The number of likely N-dealkylation sites (tertiary alicyclic amines) is 1. The number of nitrogens with zero attached hydrogens (tertiary/aromatic N) is 1. The largest absolute Gasteiger partial charge is 0.466 e. The molecule has 3 nitrogen and oxygen atoms in total. The number of likely N-dealkylation sites (N-methyl/N-ethyl adjacent to an activating group) is 1. The molecule has 0 bridgehead atoms. The van der Waals surface area contributed by atoms with Crippen molar-refractivity contribution < 1.29 is 9.69 Å². The highest BCUT2D eigenvalue weighted by Crippen LogP contribution is 2.02. The Hall–Kier alpha value is -0.570. The van der Waals surface area contributed by atoms with Crippen LogP contribution in [-0.4, -0.2) is 37.0 Å². The van der Waals surface area contributed by atoms with E-state index in [1.54, 1.807) is 6.92 Å². The van der Waals surface area contributed by atoms with E-state index in [1.807, 2.05) is 11.9 Å². The van der Waals surface area contributed by atoms with Gasteiger partial charge in [0.25, 0.3) is 0 Å². The summed E-state index contributed by atoms with van der Waals surface area (Å²) in [6.07, 6.45) is 1.09. The lowest BCUT2D eigenvalue weighted by atomic mass is 10.2. The standard InChI is InChI=1S/C8H16N2O/c1-7(11)10(3)8-4-5-9(2)6-8/h8-9H,2,4-6H2,1,3H3. The van der Waals surface area contributed by atoms with Crippen LogP contribution in [0, 0.1) is 7.05 Å². The molecule has 1 amide bonds. The van der Waals surface area contributed by atoms with Gasteiger partial charge in [0.2, 0.25) is 5.91 Å². The molecule has 0 aromatic rings. The molecule has 1 rings (SSSR count). The van der Waals surface area contributed by atoms with Crippen molar-refractivity contribution in [2.45, 2.75) is 19.4 Å². The minimum Gasteiger partial charge on any atom is -0.466 e. The van der Waals surface area contributed by atoms with Crippen molar-refractivity contribution in [2.24, 2.45) is 0 Å². The summed E-state index contributed by atoms with van der Waals surface area (Å²) in [6, 6.07) is 0.417. The third-order valence-corrected chi connectivity index (χ3v) is 2.40. The number of amides is 1. The Balaban J connectivity index is 2.43. The first-order valence-corrected chi connectivity index (χ1v) is 4.01. The minimum atomic E-state index is 0.157. The van der Waals surface area contributed by atoms with Crippen molar-refractivity contribution >= 4 is 5.91 Å². The molecule has 0 aromatic carbocycles. The first-order valence-electron chi connectivity index (χ1n) is 4.01. The van der Waals surface area contributed by atoms with Gasteiger partial charge in [-0.25, -0.2) is 0 Å². The molecule has 11 heavy (non-hydrogen) atoms. The summed E-state index contributed by atoms with van der Waals surface area (Å²) in [5, 5.41) is 0. The minimum absolute atomic E-state index is 0.157. The van der Waals surface area contributed by atoms with E-state index in [1.165, 1.54) is 4.90 Å². The smallest absolute Gasteiger partial charge is 0.219 e. The molecule has 1 N–H and O–H groups in total. The van der Waals surface area contributed by atoms with Crippen molar-refractivity contribution in [1.29, 1.82) is 0 Å². The lowest BCUT2D eigenvalue weighted by molar-refractivity contribution is -0.840. The average Bonchev–Trinajstić information content (AvgIpc) is 2.34. The van der Waals surface area contributed by atoms with Crippen molar-refractivity contribution in [3.05, 3.63) is 7.05 Å². The first-order chi connectivity index (χ1) is 5.11. The number of nitrogens with one attached hydrogen (secondary N) is 1. The van der Waals surface area contributed by atoms with E-state index >= 15 is 0 Å². The molecule has 64 valence electrons. The van der Waals surface area contributed by atoms with Gasteiger partial charge in [0.15, 0.2) is 0 Å². The Morgan fingerprint density at radius 2 is 2.36 bits per heavy atom. The van der Waals surface area contributed by atoms with E-state index in [2.05, 4.69) is 7.05 Å². The van der Waals surface area contributed by atoms with E-state index in [4.69, 9.17) is 0 Å². The Bertz CT molecular complexity index is 158. The zero-order valence-corrected chi connectivity index (χ0v) is 7.26. The van der Waals surface area contributed by atoms with Gasteiger partial charge in [0.05, 0.1) is 19.1 Å². The third-order valence-electron chi connectivity index (χ3n) is 2.40. The maximum atomic E-state index is 10.9. The van der Waals surface area contributed by atoms with Gasteiger partial charge in [-0.05, 0) is 0 Å². The second-order valence-electron chi connectivity index (χ2n) is 3.28. The molecule has 0 aromatic heterocycles. The third kappa shape index (κ3) is 1.93. The van der Waals surface area contributed by atoms with E-state index in [0.29, 0.717) is 6.04 Å². The van der Waals surface area contributed by atoms with Crippen LogP contribution in [0.1, 0.15) is 13.3 Å². The molecule has 3 heteroatoms. The zero-order chi connectivity index (χ0) is 8.43. The Morgan fingerprint density at radius 3 is 2.73 bits per heavy atom. The van der Waals surface area contributed by atoms with Crippen LogP contribution in [0.5, 0.6) is 0 Å². The van der Waals surface area contributed by atoms with Gasteiger partial charge in [-0.3, -0.25) is 4.79 Å². The van der Waals surface area contributed by atoms with Crippen LogP contribution < -0.4 is 4.90 Å². The summed E-state index contributed by atoms with van der Waals surface area (Å²) < 4.78 is 0. The molecule has 2 unspecified atom stereocenters. The number of carbonyl (C=O) groups excluding carboxylic acids is 1. The number of hydrogen-bond donors (Lipinski definition) is 1. The van der Waals surface area contributed by atoms with Crippen molar-refractivity contribution in [3.8, 4) is 0 Å². The highest BCUT2D eigenvalue weighted by Gasteiger charge is 2.25. The highest BCUT2D eigenvalue weighted by atomic mass is 16.2. The molecule has 0 aliphatic carbocycles. The van der Waals surface area contributed by atoms with Gasteiger partial charge in [0, 0.05) is 20.4 Å². The highest BCUT2D eigenvalue weighted by molar-refractivity contribution is 5.73. The first kappa shape index (κ1) is 8.53. The summed E-state index contributed by atoms with van der Waals surface area (Å²) in [5.41, 5.74) is 0. The molecule has 0 spiro atoms. The van der Waals surface area contributed by atoms with E-state index in [0.717, 1.165) is 19.5 Å². The molecule has 0 saturated carbocycles. The summed E-state index contributed by atoms with van der Waals surface area (Å²) in [4.78, 5) is 14.0. The fourth-order valence-electron chi connectivity index (χ4n) is 1.50. The lowest BCUT2D eigenvalue weighted by Crippen LogP contribution is -3.05. The monoisotopic (exact) mass is 156 g/mol. The van der Waals surface area contributed by atoms with Gasteiger partial charge in [-0.1, -0.05) is 0 Å². The van der Waals surface area contributed by atoms with Crippen LogP contribution in [-0.2, 0) is 4.79 Å². The van der Waals surface area contributed by atoms with Gasteiger partial charge >= 0.3 is 0 Å². The Morgan fingerprint density at radius 1 is 1.73 bits per heavy atom. The number of rotatable bonds is 1. The van der Waals surface area contributed by atoms with Crippen LogP contribution in [0.2, 0.25) is 0 Å². The zero-order valence-electron chi connectivity index (χ0n) is 7.26. The molecule has 1 aliphatic heterocycles. The molecule has 2 atom stereocenters. The van der Waals surface area contributed by atoms with Crippen LogP contribution in [0.15, 0.2) is 0 Å². The van der Waals surface area contributed by atoms with Crippen LogP contribution in [0.25, 0.3) is 0 Å². The van der Waals surface area contributed by atoms with Gasteiger partial charge < -0.3 is 9.80 Å². The van der Waals surface area contributed by atoms with Crippen molar-refractivity contribution in [2.75, 3.05) is 20.1 Å². The summed E-state index contributed by atoms with van der Waals surface area (Å²) in [7, 11) is 5.77. The molecular weight excluding hydrogens is 140 g/mol. The Labute approximate surface area is 68.0 Å². The number of quaternary nitrogens is 1. The van der Waals surface area contributed by atoms with Gasteiger partial charge in [-0.2, -0.15) is 7.05 Å². The predicted molar refractivity (Wildman–Crippen MR) is 42.9 cm³/mol. The average molecular weight is 156 g/mol. The fourth-order valence-corrected chi connectivity index (χ4v) is 1.50. The molecular formula is C8H16N2O.